The Labute approximate surface area is 353 Å². The summed E-state index contributed by atoms with van der Waals surface area (Å²) in [5.41, 5.74) is 7.74. The molecule has 0 fully saturated rings. The van der Waals surface area contributed by atoms with Crippen LogP contribution in [0.1, 0.15) is 54.7 Å². The molecule has 262 valence electrons. The van der Waals surface area contributed by atoms with Crippen LogP contribution in [0.25, 0.3) is 5.73 Å². The van der Waals surface area contributed by atoms with Crippen molar-refractivity contribution in [3.05, 3.63) is 26.5 Å². The molecule has 0 aliphatic rings. The molecular weight excluding hydrogens is 1050 g/mol. The number of nitrogens with one attached hydrogen (secondary N) is 6. The van der Waals surface area contributed by atoms with Gasteiger partial charge in [0.2, 0.25) is 23.6 Å². The van der Waals surface area contributed by atoms with Gasteiger partial charge in [-0.1, -0.05) is 21.8 Å². The fourth-order valence-corrected chi connectivity index (χ4v) is 3.06. The van der Waals surface area contributed by atoms with Crippen LogP contribution in [0.4, 0.5) is 0 Å². The fraction of sp³-hybridized carbons (Fsp3) is 0.692. The van der Waals surface area contributed by atoms with Crippen LogP contribution in [0.3, 0.4) is 0 Å². The summed E-state index contributed by atoms with van der Waals surface area (Å²) in [5.74, 6) is -2.09. The van der Waals surface area contributed by atoms with Gasteiger partial charge < -0.3 is 62.6 Å². The Kier molecular flexibility index (Phi) is 57.8. The zero-order valence-corrected chi connectivity index (χ0v) is 36.9. The molecule has 0 saturated carbocycles. The molecular formula is C26H61AcBN6O7SWY-4. The van der Waals surface area contributed by atoms with Crippen LogP contribution in [0, 0.1) is 64.8 Å². The minimum absolute atomic E-state index is 0. The van der Waals surface area contributed by atoms with Gasteiger partial charge in [-0.25, -0.2) is 0 Å². The van der Waals surface area contributed by atoms with E-state index < -0.39 is 48.1 Å². The summed E-state index contributed by atoms with van der Waals surface area (Å²) in [4.78, 5) is 59.4. The molecule has 0 aromatic heterocycles. The first kappa shape index (κ1) is 63.5. The van der Waals surface area contributed by atoms with Crippen LogP contribution in [0.5, 0.6) is 0 Å². The minimum Gasteiger partial charge on any atom is -0.693 e. The summed E-state index contributed by atoms with van der Waals surface area (Å²) >= 11 is 1.33. The van der Waals surface area contributed by atoms with Gasteiger partial charge in [0.05, 0.1) is 18.5 Å². The third-order valence-electron chi connectivity index (χ3n) is 4.79. The van der Waals surface area contributed by atoms with Crippen molar-refractivity contribution >= 4 is 49.1 Å². The molecule has 13 nitrogen and oxygen atoms in total. The van der Waals surface area contributed by atoms with Crippen LogP contribution >= 0.6 is 11.8 Å². The van der Waals surface area contributed by atoms with E-state index in [4.69, 9.17) is 23.1 Å². The van der Waals surface area contributed by atoms with Gasteiger partial charge in [0.1, 0.15) is 19.9 Å². The molecule has 5 unspecified atom stereocenters. The van der Waals surface area contributed by atoms with Crippen molar-refractivity contribution in [2.45, 2.75) is 79.3 Å². The predicted octanol–water partition coefficient (Wildman–Crippen LogP) is 1.77. The van der Waals surface area contributed by atoms with E-state index >= 15 is 0 Å². The Morgan fingerprint density at radius 2 is 1.52 bits per heavy atom. The predicted molar refractivity (Wildman–Crippen MR) is 176 cm³/mol. The van der Waals surface area contributed by atoms with E-state index in [-0.39, 0.29) is 163 Å². The third kappa shape index (κ3) is 30.2. The fourth-order valence-electron chi connectivity index (χ4n) is 2.70. The molecule has 6 N–H and O–H groups in total. The number of ether oxygens (including phenoxy) is 2. The molecule has 0 aliphatic heterocycles. The summed E-state index contributed by atoms with van der Waals surface area (Å²) in [6.07, 6.45) is 1.70. The molecule has 0 bridgehead atoms. The van der Waals surface area contributed by atoms with Crippen molar-refractivity contribution in [3.8, 4) is 0 Å². The SMILES string of the molecule is C.C.CNC(C)=O.[Ac].[B]COC(CC)C(NC(=O)C([NH-])[CH-]C)C(=O)NC(C(=O)NCNC(=O)CSC)C([CH2-])OCC.[CH3-].[HH].[HH].[HH].[HH].[W].[Y]. The topological polar surface area (TPSA) is 188 Å². The second-order valence-corrected chi connectivity index (χ2v) is 8.48. The molecule has 5 atom stereocenters. The second kappa shape index (κ2) is 40.1. The molecule has 4 radical (unpaired) electrons. The Morgan fingerprint density at radius 1 is 1.02 bits per heavy atom. The number of thioether (sulfide) groups is 1. The first-order valence-corrected chi connectivity index (χ1v) is 13.4. The average molecular weight is 1110 g/mol. The molecule has 0 heterocycles. The van der Waals surface area contributed by atoms with Gasteiger partial charge in [-0.2, -0.15) is 24.7 Å². The zero-order chi connectivity index (χ0) is 29.7. The van der Waals surface area contributed by atoms with Gasteiger partial charge in [0.25, 0.3) is 0 Å². The molecule has 18 heteroatoms. The Hall–Kier alpha value is 0.879. The van der Waals surface area contributed by atoms with Gasteiger partial charge in [0.15, 0.2) is 5.91 Å². The minimum atomic E-state index is -1.23. The van der Waals surface area contributed by atoms with E-state index in [1.165, 1.54) is 25.1 Å². The van der Waals surface area contributed by atoms with Gasteiger partial charge >= 0.3 is 0 Å². The van der Waals surface area contributed by atoms with Crippen LogP contribution in [0.15, 0.2) is 0 Å². The smallest absolute Gasteiger partial charge is 0.245 e. The monoisotopic (exact) mass is 1110 g/mol. The number of carbonyl (C=O) groups is 5. The summed E-state index contributed by atoms with van der Waals surface area (Å²) < 4.78 is 10.8. The van der Waals surface area contributed by atoms with Gasteiger partial charge in [-0.3, -0.25) is 24.0 Å². The molecule has 0 aromatic rings. The molecule has 0 rings (SSSR count). The van der Waals surface area contributed by atoms with Crippen LogP contribution in [-0.4, -0.2) is 107 Å². The molecule has 0 aromatic carbocycles. The Bertz CT molecular complexity index is 777. The average Bonchev–Trinajstić information content (AvgIpc) is 2.88. The number of carbonyl (C=O) groups excluding carboxylic acids is 5. The Balaban J connectivity index is -0.0000000801. The summed E-state index contributed by atoms with van der Waals surface area (Å²) in [7, 11) is 7.06. The van der Waals surface area contributed by atoms with Crippen LogP contribution in [-0.2, 0) is 87.2 Å². The van der Waals surface area contributed by atoms with E-state index in [9.17, 15) is 24.0 Å². The Morgan fingerprint density at radius 3 is 1.91 bits per heavy atom. The maximum atomic E-state index is 13.1. The van der Waals surface area contributed by atoms with E-state index in [0.29, 0.717) is 6.42 Å². The van der Waals surface area contributed by atoms with Crippen molar-refractivity contribution in [3.63, 3.8) is 0 Å². The molecule has 0 spiro atoms. The van der Waals surface area contributed by atoms with Crippen molar-refractivity contribution < 1.29 is 137 Å². The van der Waals surface area contributed by atoms with Crippen molar-refractivity contribution in [1.29, 1.82) is 0 Å². The number of hydrogen-bond acceptors (Lipinski definition) is 8. The van der Waals surface area contributed by atoms with Crippen molar-refractivity contribution in [2.75, 3.05) is 38.8 Å². The van der Waals surface area contributed by atoms with Gasteiger partial charge in [-0.05, 0) is 25.7 Å². The van der Waals surface area contributed by atoms with E-state index in [1.54, 1.807) is 34.1 Å². The first-order chi connectivity index (χ1) is 17.9. The summed E-state index contributed by atoms with van der Waals surface area (Å²) in [6, 6.07) is -3.64. The molecule has 5 amide bonds. The van der Waals surface area contributed by atoms with E-state index in [2.05, 4.69) is 33.5 Å². The number of rotatable bonds is 17. The van der Waals surface area contributed by atoms with Gasteiger partial charge in [0, 0.05) is 131 Å². The number of hydrogen-bond donors (Lipinski definition) is 5. The maximum absolute atomic E-state index is 13.1. The van der Waals surface area contributed by atoms with E-state index in [0.717, 1.165) is 0 Å². The van der Waals surface area contributed by atoms with Crippen LogP contribution in [0.2, 0.25) is 0 Å². The van der Waals surface area contributed by atoms with E-state index in [1.807, 2.05) is 0 Å². The normalized spacial score (nSPS) is 12.4. The number of amides is 5. The maximum Gasteiger partial charge on any atom is 0.245 e. The zero-order valence-electron chi connectivity index (χ0n) is 25.6. The molecule has 44 heavy (non-hydrogen) atoms. The first-order valence-electron chi connectivity index (χ1n) is 12.0. The second-order valence-electron chi connectivity index (χ2n) is 7.61. The third-order valence-corrected chi connectivity index (χ3v) is 5.34. The molecule has 0 saturated heterocycles. The summed E-state index contributed by atoms with van der Waals surface area (Å²) in [6.45, 7) is 10.1. The van der Waals surface area contributed by atoms with Gasteiger partial charge in [-0.15, -0.1) is 0 Å². The van der Waals surface area contributed by atoms with Crippen molar-refractivity contribution in [1.82, 2.24) is 26.6 Å². The largest absolute Gasteiger partial charge is 0.693 e. The standard InChI is InChI=1S/C20H35BN5O6S.C3H7NO.2CH4.CH3.Ac.W.Y.4H2/c1-6-13(22)18(28)26-17(14(7-2)32-10-21)20(30)25-16(12(4)31-8-3)19(29)24-11-23-15(27)9-33-5;1-3(5)4-2;;;;;;;;;;/h6,12-14,16-17,22H,4,7-11H2,1-3,5H3,(H,23,27)(H,24,29)(H,25,30)(H,26,28);1-2H3,(H,4,5);2*1H4;1H3;;;;4*1H/q-3;;;;-1;;;;;;;. The molecule has 0 aliphatic carbocycles. The quantitative estimate of drug-likeness (QED) is 0.0829. The van der Waals surface area contributed by atoms with Crippen LogP contribution < -0.4 is 26.6 Å². The van der Waals surface area contributed by atoms with Crippen molar-refractivity contribution in [2.24, 2.45) is 0 Å². The summed E-state index contributed by atoms with van der Waals surface area (Å²) in [5, 5.41) is 12.4.